The minimum Gasteiger partial charge on any atom is -0.319 e. The van der Waals surface area contributed by atoms with E-state index in [0.29, 0.717) is 41.8 Å². The van der Waals surface area contributed by atoms with E-state index in [1.807, 2.05) is 31.2 Å². The maximum atomic E-state index is 13.7. The van der Waals surface area contributed by atoms with Crippen molar-refractivity contribution in [3.05, 3.63) is 35.7 Å². The number of para-hydroxylation sites is 2. The second-order valence-electron chi connectivity index (χ2n) is 7.90. The van der Waals surface area contributed by atoms with Crippen molar-refractivity contribution in [1.82, 2.24) is 19.6 Å². The number of hydrogen-bond donors (Lipinski definition) is 1. The summed E-state index contributed by atoms with van der Waals surface area (Å²) < 4.78 is 1.58. The summed E-state index contributed by atoms with van der Waals surface area (Å²) in [5.74, 6) is -0.292. The number of anilines is 3. The van der Waals surface area contributed by atoms with Gasteiger partial charge in [0.15, 0.2) is 5.69 Å². The van der Waals surface area contributed by atoms with Crippen LogP contribution in [0, 0.1) is 0 Å². The molecule has 8 heteroatoms. The first-order valence-electron chi connectivity index (χ1n) is 10.1. The van der Waals surface area contributed by atoms with Crippen LogP contribution in [0.5, 0.6) is 0 Å². The van der Waals surface area contributed by atoms with Gasteiger partial charge in [-0.25, -0.2) is 0 Å². The third kappa shape index (κ3) is 3.42. The topological polar surface area (TPSA) is 73.7 Å². The van der Waals surface area contributed by atoms with E-state index >= 15 is 0 Å². The average Bonchev–Trinajstić information content (AvgIpc) is 2.94. The Balaban J connectivity index is 1.78. The Bertz CT molecular complexity index is 953. The third-order valence-electron chi connectivity index (χ3n) is 5.81. The zero-order valence-electron chi connectivity index (χ0n) is 17.5. The first-order valence-corrected chi connectivity index (χ1v) is 10.1. The molecule has 2 aliphatic heterocycles. The lowest BCUT2D eigenvalue weighted by molar-refractivity contribution is -0.120. The number of carbonyl (C=O) groups excluding carboxylic acids is 2. The van der Waals surface area contributed by atoms with Crippen LogP contribution in [-0.2, 0) is 18.3 Å². The molecule has 0 aliphatic carbocycles. The number of piperazine rings is 1. The minimum absolute atomic E-state index is 0.0469. The summed E-state index contributed by atoms with van der Waals surface area (Å²) in [7, 11) is 3.85. The van der Waals surface area contributed by atoms with E-state index in [0.717, 1.165) is 25.3 Å². The molecular formula is C21H28N6O2. The number of amides is 2. The van der Waals surface area contributed by atoms with Gasteiger partial charge < -0.3 is 10.2 Å². The van der Waals surface area contributed by atoms with Crippen LogP contribution in [-0.4, -0.2) is 70.7 Å². The lowest BCUT2D eigenvalue weighted by Gasteiger charge is -2.38. The molecule has 8 nitrogen and oxygen atoms in total. The van der Waals surface area contributed by atoms with Gasteiger partial charge in [-0.05, 0) is 32.5 Å². The number of fused-ring (bicyclic) bond motifs is 2. The Morgan fingerprint density at radius 3 is 2.72 bits per heavy atom. The molecule has 1 unspecified atom stereocenters. The molecule has 4 rings (SSSR count). The van der Waals surface area contributed by atoms with Crippen LogP contribution in [0.25, 0.3) is 0 Å². The Labute approximate surface area is 171 Å². The van der Waals surface area contributed by atoms with Crippen LogP contribution in [0.1, 0.15) is 30.0 Å². The van der Waals surface area contributed by atoms with E-state index in [1.54, 1.807) is 16.6 Å². The van der Waals surface area contributed by atoms with Gasteiger partial charge in [0, 0.05) is 32.7 Å². The highest BCUT2D eigenvalue weighted by atomic mass is 16.2. The number of nitrogens with zero attached hydrogens (tertiary/aromatic N) is 5. The van der Waals surface area contributed by atoms with E-state index in [-0.39, 0.29) is 11.8 Å². The highest BCUT2D eigenvalue weighted by Gasteiger charge is 2.36. The van der Waals surface area contributed by atoms with Crippen molar-refractivity contribution in [1.29, 1.82) is 0 Å². The molecule has 1 saturated heterocycles. The maximum absolute atomic E-state index is 13.7. The molecule has 0 radical (unpaired) electrons. The molecule has 1 fully saturated rings. The van der Waals surface area contributed by atoms with Crippen LogP contribution < -0.4 is 10.2 Å². The van der Waals surface area contributed by atoms with Crippen LogP contribution in [0.3, 0.4) is 0 Å². The molecule has 2 aromatic rings. The standard InChI is InChI=1S/C21H28N6O2/c1-5-15-19-20(25(4)23-15)21(29)22-16-8-6-7-9-17(16)27(19)18(28)13-26-11-10-24(3)12-14(26)2/h6-9,14H,5,10-13H2,1-4H3,(H,22,29). The zero-order valence-corrected chi connectivity index (χ0v) is 17.5. The maximum Gasteiger partial charge on any atom is 0.276 e. The fourth-order valence-corrected chi connectivity index (χ4v) is 4.29. The van der Waals surface area contributed by atoms with Gasteiger partial charge in [-0.3, -0.25) is 24.1 Å². The third-order valence-corrected chi connectivity index (χ3v) is 5.81. The van der Waals surface area contributed by atoms with E-state index in [2.05, 4.69) is 34.2 Å². The highest BCUT2D eigenvalue weighted by Crippen LogP contribution is 2.40. The van der Waals surface area contributed by atoms with Crippen molar-refractivity contribution in [2.75, 3.05) is 43.4 Å². The van der Waals surface area contributed by atoms with Gasteiger partial charge in [0.2, 0.25) is 5.91 Å². The molecule has 0 bridgehead atoms. The van der Waals surface area contributed by atoms with Crippen molar-refractivity contribution in [2.45, 2.75) is 26.3 Å². The summed E-state index contributed by atoms with van der Waals surface area (Å²) in [5.41, 5.74) is 3.08. The summed E-state index contributed by atoms with van der Waals surface area (Å²) in [5, 5.41) is 7.47. The number of aryl methyl sites for hydroxylation is 2. The summed E-state index contributed by atoms with van der Waals surface area (Å²) in [6, 6.07) is 7.74. The molecule has 3 heterocycles. The number of rotatable bonds is 3. The molecule has 1 aromatic heterocycles. The predicted octanol–water partition coefficient (Wildman–Crippen LogP) is 1.85. The second kappa shape index (κ2) is 7.61. The molecule has 29 heavy (non-hydrogen) atoms. The van der Waals surface area contributed by atoms with Crippen molar-refractivity contribution < 1.29 is 9.59 Å². The van der Waals surface area contributed by atoms with Crippen LogP contribution >= 0.6 is 0 Å². The second-order valence-corrected chi connectivity index (χ2v) is 7.90. The van der Waals surface area contributed by atoms with Gasteiger partial charge in [-0.1, -0.05) is 19.1 Å². The van der Waals surface area contributed by atoms with Crippen molar-refractivity contribution >= 4 is 28.9 Å². The van der Waals surface area contributed by atoms with Crippen molar-refractivity contribution in [3.63, 3.8) is 0 Å². The fourth-order valence-electron chi connectivity index (χ4n) is 4.29. The summed E-state index contributed by atoms with van der Waals surface area (Å²) >= 11 is 0. The van der Waals surface area contributed by atoms with Gasteiger partial charge in [-0.2, -0.15) is 5.10 Å². The number of nitrogens with one attached hydrogen (secondary N) is 1. The molecule has 2 aliphatic rings. The van der Waals surface area contributed by atoms with E-state index < -0.39 is 0 Å². The van der Waals surface area contributed by atoms with Crippen molar-refractivity contribution in [3.8, 4) is 0 Å². The zero-order chi connectivity index (χ0) is 20.7. The summed E-state index contributed by atoms with van der Waals surface area (Å²) in [6.45, 7) is 7.15. The van der Waals surface area contributed by atoms with Gasteiger partial charge in [0.25, 0.3) is 5.91 Å². The number of aromatic nitrogens is 2. The smallest absolute Gasteiger partial charge is 0.276 e. The van der Waals surface area contributed by atoms with Gasteiger partial charge >= 0.3 is 0 Å². The molecule has 0 saturated carbocycles. The average molecular weight is 396 g/mol. The molecule has 154 valence electrons. The molecular weight excluding hydrogens is 368 g/mol. The lowest BCUT2D eigenvalue weighted by Crippen LogP contribution is -2.53. The fraction of sp³-hybridized carbons (Fsp3) is 0.476. The van der Waals surface area contributed by atoms with Crippen molar-refractivity contribution in [2.24, 2.45) is 7.05 Å². The SMILES string of the molecule is CCc1nn(C)c2c1N(C(=O)CN1CCN(C)CC1C)c1ccccc1NC2=O. The predicted molar refractivity (Wildman–Crippen MR) is 113 cm³/mol. The summed E-state index contributed by atoms with van der Waals surface area (Å²) in [6.07, 6.45) is 0.632. The number of likely N-dealkylation sites (N-methyl/N-ethyl adjacent to an activating group) is 1. The Kier molecular flexibility index (Phi) is 5.14. The Morgan fingerprint density at radius 1 is 1.24 bits per heavy atom. The highest BCUT2D eigenvalue weighted by molar-refractivity contribution is 6.17. The number of benzene rings is 1. The van der Waals surface area contributed by atoms with Crippen LogP contribution in [0.4, 0.5) is 17.1 Å². The number of hydrogen-bond acceptors (Lipinski definition) is 5. The van der Waals surface area contributed by atoms with E-state index in [9.17, 15) is 9.59 Å². The molecule has 2 amide bonds. The van der Waals surface area contributed by atoms with Gasteiger partial charge in [0.1, 0.15) is 5.69 Å². The van der Waals surface area contributed by atoms with Gasteiger partial charge in [-0.15, -0.1) is 0 Å². The van der Waals surface area contributed by atoms with Gasteiger partial charge in [0.05, 0.1) is 23.6 Å². The Morgan fingerprint density at radius 2 is 2.00 bits per heavy atom. The van der Waals surface area contributed by atoms with E-state index in [1.165, 1.54) is 0 Å². The molecule has 1 N–H and O–H groups in total. The number of carbonyl (C=O) groups is 2. The molecule has 0 spiro atoms. The summed E-state index contributed by atoms with van der Waals surface area (Å²) in [4.78, 5) is 32.8. The first kappa shape index (κ1) is 19.6. The minimum atomic E-state index is -0.245. The largest absolute Gasteiger partial charge is 0.319 e. The quantitative estimate of drug-likeness (QED) is 0.857. The molecule has 1 atom stereocenters. The van der Waals surface area contributed by atoms with Crippen LogP contribution in [0.2, 0.25) is 0 Å². The van der Waals surface area contributed by atoms with Crippen LogP contribution in [0.15, 0.2) is 24.3 Å². The molecule has 1 aromatic carbocycles. The monoisotopic (exact) mass is 396 g/mol. The van der Waals surface area contributed by atoms with E-state index in [4.69, 9.17) is 0 Å². The Hall–Kier alpha value is -2.71. The first-order chi connectivity index (χ1) is 13.9. The lowest BCUT2D eigenvalue weighted by atomic mass is 10.1. The normalized spacial score (nSPS) is 20.1.